The van der Waals surface area contributed by atoms with Gasteiger partial charge in [0.15, 0.2) is 5.82 Å². The average molecular weight is 184 g/mol. The van der Waals surface area contributed by atoms with E-state index in [1.807, 2.05) is 18.2 Å². The number of hydrogen-bond donors (Lipinski definition) is 0. The molecular formula is C12H12N2. The first-order chi connectivity index (χ1) is 6.92. The highest BCUT2D eigenvalue weighted by Gasteiger charge is 2.03. The lowest BCUT2D eigenvalue weighted by Gasteiger charge is -2.04. The van der Waals surface area contributed by atoms with Gasteiger partial charge in [-0.3, -0.25) is 0 Å². The Morgan fingerprint density at radius 3 is 2.43 bits per heavy atom. The summed E-state index contributed by atoms with van der Waals surface area (Å²) < 4.78 is 0. The average Bonchev–Trinajstić information content (AvgIpc) is 2.30. The van der Waals surface area contributed by atoms with E-state index < -0.39 is 0 Å². The van der Waals surface area contributed by atoms with Crippen LogP contribution in [0.25, 0.3) is 11.4 Å². The molecule has 0 aliphatic heterocycles. The zero-order valence-corrected chi connectivity index (χ0v) is 8.14. The summed E-state index contributed by atoms with van der Waals surface area (Å²) in [6.07, 6.45) is 4.55. The van der Waals surface area contributed by atoms with E-state index in [2.05, 4.69) is 29.0 Å². The summed E-state index contributed by atoms with van der Waals surface area (Å²) in [7, 11) is 0. The Morgan fingerprint density at radius 1 is 1.00 bits per heavy atom. The van der Waals surface area contributed by atoms with Gasteiger partial charge in [-0.15, -0.1) is 0 Å². The van der Waals surface area contributed by atoms with Crippen molar-refractivity contribution in [2.24, 2.45) is 0 Å². The van der Waals surface area contributed by atoms with Gasteiger partial charge in [-0.2, -0.15) is 0 Å². The van der Waals surface area contributed by atoms with Crippen LogP contribution in [-0.4, -0.2) is 9.97 Å². The quantitative estimate of drug-likeness (QED) is 0.717. The molecule has 1 aromatic heterocycles. The maximum atomic E-state index is 4.25. The molecule has 0 aliphatic rings. The van der Waals surface area contributed by atoms with Gasteiger partial charge in [-0.05, 0) is 18.1 Å². The molecule has 2 rings (SSSR count). The summed E-state index contributed by atoms with van der Waals surface area (Å²) in [5.41, 5.74) is 2.43. The van der Waals surface area contributed by atoms with Crippen molar-refractivity contribution in [3.05, 3.63) is 48.3 Å². The predicted molar refractivity (Wildman–Crippen MR) is 56.8 cm³/mol. The Kier molecular flexibility index (Phi) is 2.54. The van der Waals surface area contributed by atoms with Gasteiger partial charge in [-0.25, -0.2) is 9.97 Å². The number of rotatable bonds is 2. The molecule has 14 heavy (non-hydrogen) atoms. The van der Waals surface area contributed by atoms with Crippen molar-refractivity contribution >= 4 is 0 Å². The third-order valence-electron chi connectivity index (χ3n) is 2.20. The van der Waals surface area contributed by atoms with Crippen LogP contribution < -0.4 is 0 Å². The van der Waals surface area contributed by atoms with Gasteiger partial charge >= 0.3 is 0 Å². The van der Waals surface area contributed by atoms with Crippen LogP contribution in [0.4, 0.5) is 0 Å². The van der Waals surface area contributed by atoms with Crippen molar-refractivity contribution in [2.45, 2.75) is 13.3 Å². The molecular weight excluding hydrogens is 172 g/mol. The summed E-state index contributed by atoms with van der Waals surface area (Å²) in [5.74, 6) is 0.810. The minimum absolute atomic E-state index is 0.810. The Bertz CT molecular complexity index is 410. The molecule has 0 saturated heterocycles. The first-order valence-electron chi connectivity index (χ1n) is 4.77. The van der Waals surface area contributed by atoms with Crippen LogP contribution in [0.5, 0.6) is 0 Å². The molecule has 0 atom stereocenters. The van der Waals surface area contributed by atoms with Gasteiger partial charge in [-0.1, -0.05) is 31.2 Å². The van der Waals surface area contributed by atoms with Gasteiger partial charge < -0.3 is 0 Å². The van der Waals surface area contributed by atoms with E-state index in [1.54, 1.807) is 12.4 Å². The summed E-state index contributed by atoms with van der Waals surface area (Å²) in [4.78, 5) is 8.49. The molecule has 2 aromatic rings. The molecule has 0 spiro atoms. The predicted octanol–water partition coefficient (Wildman–Crippen LogP) is 2.71. The first-order valence-corrected chi connectivity index (χ1v) is 4.77. The lowest BCUT2D eigenvalue weighted by Crippen LogP contribution is -1.91. The van der Waals surface area contributed by atoms with Crippen LogP contribution in [0.3, 0.4) is 0 Å². The van der Waals surface area contributed by atoms with Gasteiger partial charge in [0.2, 0.25) is 0 Å². The Balaban J connectivity index is 2.51. The number of benzene rings is 1. The molecule has 0 radical (unpaired) electrons. The molecule has 2 nitrogen and oxygen atoms in total. The van der Waals surface area contributed by atoms with Crippen molar-refractivity contribution in [1.82, 2.24) is 9.97 Å². The number of nitrogens with zero attached hydrogens (tertiary/aromatic N) is 2. The number of aromatic nitrogens is 2. The fraction of sp³-hybridized carbons (Fsp3) is 0.167. The summed E-state index contributed by atoms with van der Waals surface area (Å²) in [6.45, 7) is 2.14. The third-order valence-corrected chi connectivity index (χ3v) is 2.20. The first kappa shape index (κ1) is 8.88. The van der Waals surface area contributed by atoms with Crippen molar-refractivity contribution in [3.8, 4) is 11.4 Å². The van der Waals surface area contributed by atoms with Crippen LogP contribution in [0.1, 0.15) is 12.5 Å². The number of hydrogen-bond acceptors (Lipinski definition) is 2. The summed E-state index contributed by atoms with van der Waals surface area (Å²) in [5, 5.41) is 0. The molecule has 0 aliphatic carbocycles. The maximum absolute atomic E-state index is 4.25. The van der Waals surface area contributed by atoms with Crippen molar-refractivity contribution in [2.75, 3.05) is 0 Å². The molecule has 1 aromatic carbocycles. The second-order valence-electron chi connectivity index (χ2n) is 3.08. The van der Waals surface area contributed by atoms with Gasteiger partial charge in [0, 0.05) is 18.0 Å². The minimum Gasteiger partial charge on any atom is -0.237 e. The number of aryl methyl sites for hydroxylation is 1. The van der Waals surface area contributed by atoms with Crippen molar-refractivity contribution < 1.29 is 0 Å². The zero-order valence-electron chi connectivity index (χ0n) is 8.14. The molecule has 0 saturated carbocycles. The van der Waals surface area contributed by atoms with E-state index in [0.29, 0.717) is 0 Å². The van der Waals surface area contributed by atoms with E-state index >= 15 is 0 Å². The molecule has 70 valence electrons. The second kappa shape index (κ2) is 4.01. The van der Waals surface area contributed by atoms with E-state index in [0.717, 1.165) is 17.8 Å². The molecule has 0 bridgehead atoms. The normalized spacial score (nSPS) is 10.1. The SMILES string of the molecule is CCc1ccccc1-c1ncccn1. The zero-order chi connectivity index (χ0) is 9.80. The molecule has 0 unspecified atom stereocenters. The van der Waals surface area contributed by atoms with E-state index in [-0.39, 0.29) is 0 Å². The summed E-state index contributed by atoms with van der Waals surface area (Å²) >= 11 is 0. The third kappa shape index (κ3) is 1.64. The largest absolute Gasteiger partial charge is 0.237 e. The topological polar surface area (TPSA) is 25.8 Å². The van der Waals surface area contributed by atoms with Crippen molar-refractivity contribution in [3.63, 3.8) is 0 Å². The van der Waals surface area contributed by atoms with Crippen LogP contribution in [0.15, 0.2) is 42.7 Å². The van der Waals surface area contributed by atoms with E-state index in [1.165, 1.54) is 5.56 Å². The fourth-order valence-electron chi connectivity index (χ4n) is 1.48. The Morgan fingerprint density at radius 2 is 1.71 bits per heavy atom. The molecule has 2 heteroatoms. The summed E-state index contributed by atoms with van der Waals surface area (Å²) in [6, 6.07) is 10.1. The minimum atomic E-state index is 0.810. The van der Waals surface area contributed by atoms with Gasteiger partial charge in [0.1, 0.15) is 0 Å². The van der Waals surface area contributed by atoms with Gasteiger partial charge in [0.25, 0.3) is 0 Å². The lowest BCUT2D eigenvalue weighted by molar-refractivity contribution is 1.11. The highest BCUT2D eigenvalue weighted by Crippen LogP contribution is 2.19. The Labute approximate surface area is 83.7 Å². The standard InChI is InChI=1S/C12H12N2/c1-2-10-6-3-4-7-11(10)12-13-8-5-9-14-12/h3-9H,2H2,1H3. The monoisotopic (exact) mass is 184 g/mol. The fourth-order valence-corrected chi connectivity index (χ4v) is 1.48. The van der Waals surface area contributed by atoms with E-state index in [9.17, 15) is 0 Å². The second-order valence-corrected chi connectivity index (χ2v) is 3.08. The maximum Gasteiger partial charge on any atom is 0.159 e. The van der Waals surface area contributed by atoms with Crippen LogP contribution in [0, 0.1) is 0 Å². The lowest BCUT2D eigenvalue weighted by atomic mass is 10.1. The van der Waals surface area contributed by atoms with Crippen molar-refractivity contribution in [1.29, 1.82) is 0 Å². The van der Waals surface area contributed by atoms with E-state index in [4.69, 9.17) is 0 Å². The molecule has 0 fully saturated rings. The van der Waals surface area contributed by atoms with Crippen LogP contribution in [-0.2, 0) is 6.42 Å². The highest BCUT2D eigenvalue weighted by molar-refractivity contribution is 5.59. The molecule has 0 amide bonds. The highest BCUT2D eigenvalue weighted by atomic mass is 14.8. The van der Waals surface area contributed by atoms with Crippen LogP contribution >= 0.6 is 0 Å². The smallest absolute Gasteiger partial charge is 0.159 e. The van der Waals surface area contributed by atoms with Crippen LogP contribution in [0.2, 0.25) is 0 Å². The Hall–Kier alpha value is -1.70. The van der Waals surface area contributed by atoms with Gasteiger partial charge in [0.05, 0.1) is 0 Å². The molecule has 1 heterocycles. The molecule has 0 N–H and O–H groups in total.